The Morgan fingerprint density at radius 2 is 2.17 bits per heavy atom. The molecule has 1 heterocycles. The summed E-state index contributed by atoms with van der Waals surface area (Å²) in [5.74, 6) is -1.24. The number of carbonyl (C=O) groups is 2. The van der Waals surface area contributed by atoms with Gasteiger partial charge in [-0.2, -0.15) is 0 Å². The summed E-state index contributed by atoms with van der Waals surface area (Å²) in [6, 6.07) is 4.14. The summed E-state index contributed by atoms with van der Waals surface area (Å²) in [5, 5.41) is 9.49. The van der Waals surface area contributed by atoms with Gasteiger partial charge >= 0.3 is 5.97 Å². The van der Waals surface area contributed by atoms with Crippen LogP contribution >= 0.6 is 27.5 Å². The molecule has 1 aromatic carbocycles. The number of nitrogens with zero attached hydrogens (tertiary/aromatic N) is 1. The molecule has 18 heavy (non-hydrogen) atoms. The van der Waals surface area contributed by atoms with Crippen molar-refractivity contribution in [3.05, 3.63) is 33.3 Å². The quantitative estimate of drug-likeness (QED) is 0.906. The Morgan fingerprint density at radius 3 is 2.78 bits per heavy atom. The van der Waals surface area contributed by atoms with E-state index in [1.165, 1.54) is 4.90 Å². The van der Waals surface area contributed by atoms with E-state index >= 15 is 0 Å². The van der Waals surface area contributed by atoms with Crippen molar-refractivity contribution in [2.24, 2.45) is 0 Å². The normalized spacial score (nSPS) is 19.0. The van der Waals surface area contributed by atoms with Crippen molar-refractivity contribution in [2.45, 2.75) is 18.9 Å². The highest BCUT2D eigenvalue weighted by atomic mass is 79.9. The lowest BCUT2D eigenvalue weighted by Gasteiger charge is -2.21. The molecule has 0 unspecified atom stereocenters. The number of benzene rings is 1. The highest BCUT2D eigenvalue weighted by molar-refractivity contribution is 9.10. The van der Waals surface area contributed by atoms with Gasteiger partial charge in [-0.25, -0.2) is 4.79 Å². The molecule has 0 bridgehead atoms. The Balaban J connectivity index is 2.25. The molecule has 1 fully saturated rings. The van der Waals surface area contributed by atoms with Crippen LogP contribution in [0.5, 0.6) is 0 Å². The van der Waals surface area contributed by atoms with E-state index in [4.69, 9.17) is 16.7 Å². The SMILES string of the molecule is O=C(O)[C@@H]1CCCN1C(=O)c1ccc(Br)c(Cl)c1. The maximum Gasteiger partial charge on any atom is 0.326 e. The zero-order valence-corrected chi connectivity index (χ0v) is 11.7. The second kappa shape index (κ2) is 5.28. The first kappa shape index (κ1) is 13.4. The molecular weight excluding hydrogens is 321 g/mol. The highest BCUT2D eigenvalue weighted by Gasteiger charge is 2.34. The van der Waals surface area contributed by atoms with Crippen molar-refractivity contribution >= 4 is 39.4 Å². The van der Waals surface area contributed by atoms with Gasteiger partial charge in [0.25, 0.3) is 5.91 Å². The summed E-state index contributed by atoms with van der Waals surface area (Å²) in [7, 11) is 0. The second-order valence-corrected chi connectivity index (χ2v) is 5.39. The standard InChI is InChI=1S/C12H11BrClNO3/c13-8-4-3-7(6-9(8)14)11(16)15-5-1-2-10(15)12(17)18/h3-4,6,10H,1-2,5H2,(H,17,18)/t10-/m0/s1. The van der Waals surface area contributed by atoms with Crippen LogP contribution in [0.25, 0.3) is 0 Å². The van der Waals surface area contributed by atoms with Gasteiger partial charge in [-0.15, -0.1) is 0 Å². The topological polar surface area (TPSA) is 57.6 Å². The lowest BCUT2D eigenvalue weighted by molar-refractivity contribution is -0.141. The number of halogens is 2. The third-order valence-electron chi connectivity index (χ3n) is 2.97. The largest absolute Gasteiger partial charge is 0.480 e. The van der Waals surface area contributed by atoms with Gasteiger partial charge in [0.2, 0.25) is 0 Å². The molecule has 0 aromatic heterocycles. The van der Waals surface area contributed by atoms with Crippen LogP contribution in [0, 0.1) is 0 Å². The van der Waals surface area contributed by atoms with Crippen LogP contribution in [0.15, 0.2) is 22.7 Å². The summed E-state index contributed by atoms with van der Waals surface area (Å²) in [6.45, 7) is 0.476. The fraction of sp³-hybridized carbons (Fsp3) is 0.333. The predicted molar refractivity (Wildman–Crippen MR) is 70.8 cm³/mol. The molecule has 1 saturated heterocycles. The molecule has 1 aliphatic rings. The number of amides is 1. The van der Waals surface area contributed by atoms with Crippen LogP contribution < -0.4 is 0 Å². The van der Waals surface area contributed by atoms with E-state index in [2.05, 4.69) is 15.9 Å². The molecule has 96 valence electrons. The molecule has 2 rings (SSSR count). The van der Waals surface area contributed by atoms with Crippen molar-refractivity contribution in [3.63, 3.8) is 0 Å². The number of carboxylic acids is 1. The number of carbonyl (C=O) groups excluding carboxylic acids is 1. The van der Waals surface area contributed by atoms with Crippen molar-refractivity contribution in [1.29, 1.82) is 0 Å². The van der Waals surface area contributed by atoms with Crippen LogP contribution in [-0.2, 0) is 4.79 Å². The second-order valence-electron chi connectivity index (χ2n) is 4.12. The minimum absolute atomic E-state index is 0.283. The molecule has 1 N–H and O–H groups in total. The summed E-state index contributed by atoms with van der Waals surface area (Å²) in [4.78, 5) is 24.6. The molecule has 4 nitrogen and oxygen atoms in total. The first-order chi connectivity index (χ1) is 8.50. The Bertz CT molecular complexity index is 506. The van der Waals surface area contributed by atoms with Crippen LogP contribution in [-0.4, -0.2) is 34.5 Å². The molecule has 6 heteroatoms. The van der Waals surface area contributed by atoms with Crippen molar-refractivity contribution < 1.29 is 14.7 Å². The monoisotopic (exact) mass is 331 g/mol. The van der Waals surface area contributed by atoms with E-state index in [1.54, 1.807) is 18.2 Å². The first-order valence-electron chi connectivity index (χ1n) is 5.49. The molecule has 1 amide bonds. The summed E-state index contributed by atoms with van der Waals surface area (Å²) in [5.41, 5.74) is 0.413. The Morgan fingerprint density at radius 1 is 1.44 bits per heavy atom. The minimum atomic E-state index is -0.955. The van der Waals surface area contributed by atoms with Crippen LogP contribution in [0.2, 0.25) is 5.02 Å². The van der Waals surface area contributed by atoms with Gasteiger partial charge in [-0.05, 0) is 47.0 Å². The number of likely N-dealkylation sites (tertiary alicyclic amines) is 1. The number of aliphatic carboxylic acids is 1. The van der Waals surface area contributed by atoms with Gasteiger partial charge in [0.05, 0.1) is 5.02 Å². The van der Waals surface area contributed by atoms with Crippen molar-refractivity contribution in [2.75, 3.05) is 6.54 Å². The Kier molecular flexibility index (Phi) is 3.92. The lowest BCUT2D eigenvalue weighted by atomic mass is 10.1. The zero-order valence-electron chi connectivity index (χ0n) is 9.40. The van der Waals surface area contributed by atoms with Gasteiger partial charge in [0.1, 0.15) is 6.04 Å². The summed E-state index contributed by atoms with van der Waals surface area (Å²) >= 11 is 9.18. The number of hydrogen-bond acceptors (Lipinski definition) is 2. The van der Waals surface area contributed by atoms with Crippen molar-refractivity contribution in [1.82, 2.24) is 4.90 Å². The summed E-state index contributed by atoms with van der Waals surface area (Å²) in [6.07, 6.45) is 1.22. The first-order valence-corrected chi connectivity index (χ1v) is 6.66. The van der Waals surface area contributed by atoms with Crippen LogP contribution in [0.3, 0.4) is 0 Å². The number of hydrogen-bond donors (Lipinski definition) is 1. The molecule has 1 aromatic rings. The van der Waals surface area contributed by atoms with E-state index in [0.717, 1.165) is 0 Å². The van der Waals surface area contributed by atoms with E-state index in [-0.39, 0.29) is 5.91 Å². The molecular formula is C12H11BrClNO3. The van der Waals surface area contributed by atoms with E-state index in [0.29, 0.717) is 34.4 Å². The smallest absolute Gasteiger partial charge is 0.326 e. The average molecular weight is 333 g/mol. The van der Waals surface area contributed by atoms with E-state index in [9.17, 15) is 9.59 Å². The summed E-state index contributed by atoms with van der Waals surface area (Å²) < 4.78 is 0.705. The number of rotatable bonds is 2. The number of carboxylic acid groups (broad SMARTS) is 1. The third kappa shape index (κ3) is 2.52. The van der Waals surface area contributed by atoms with Crippen LogP contribution in [0.1, 0.15) is 23.2 Å². The fourth-order valence-corrected chi connectivity index (χ4v) is 2.49. The van der Waals surface area contributed by atoms with Crippen LogP contribution in [0.4, 0.5) is 0 Å². The maximum absolute atomic E-state index is 12.2. The van der Waals surface area contributed by atoms with Crippen molar-refractivity contribution in [3.8, 4) is 0 Å². The fourth-order valence-electron chi connectivity index (χ4n) is 2.06. The van der Waals surface area contributed by atoms with Gasteiger partial charge in [0.15, 0.2) is 0 Å². The Hall–Kier alpha value is -1.07. The third-order valence-corrected chi connectivity index (χ3v) is 4.20. The highest BCUT2D eigenvalue weighted by Crippen LogP contribution is 2.26. The van der Waals surface area contributed by atoms with Gasteiger partial charge in [0, 0.05) is 16.6 Å². The van der Waals surface area contributed by atoms with Gasteiger partial charge in [-0.1, -0.05) is 11.6 Å². The zero-order chi connectivity index (χ0) is 13.3. The average Bonchev–Trinajstić information content (AvgIpc) is 2.81. The molecule has 0 aliphatic carbocycles. The van der Waals surface area contributed by atoms with Gasteiger partial charge < -0.3 is 10.0 Å². The lowest BCUT2D eigenvalue weighted by Crippen LogP contribution is -2.40. The van der Waals surface area contributed by atoms with Gasteiger partial charge in [-0.3, -0.25) is 4.79 Å². The molecule has 1 atom stereocenters. The Labute approximate surface area is 118 Å². The predicted octanol–water partition coefficient (Wildman–Crippen LogP) is 2.79. The molecule has 1 aliphatic heterocycles. The molecule has 0 radical (unpaired) electrons. The van der Waals surface area contributed by atoms with E-state index in [1.807, 2.05) is 0 Å². The maximum atomic E-state index is 12.2. The molecule has 0 saturated carbocycles. The van der Waals surface area contributed by atoms with E-state index < -0.39 is 12.0 Å². The minimum Gasteiger partial charge on any atom is -0.480 e. The molecule has 0 spiro atoms.